The molecule has 0 fully saturated rings. The SMILES string of the molecule is CCCCCCCCCCCCCCCCCCCCCC/C=C/C(O)C(CO)NC(=O)CCCCCCCCC/C=C\CCCCCCCCCCOC(=O)CCCCCCCCCCCCC. The molecular formula is C63H121NO5. The van der Waals surface area contributed by atoms with Crippen LogP contribution in [0.4, 0.5) is 0 Å². The molecule has 69 heavy (non-hydrogen) atoms. The van der Waals surface area contributed by atoms with E-state index in [-0.39, 0.29) is 18.5 Å². The lowest BCUT2D eigenvalue weighted by molar-refractivity contribution is -0.143. The summed E-state index contributed by atoms with van der Waals surface area (Å²) in [5, 5.41) is 23.2. The zero-order valence-electron chi connectivity index (χ0n) is 46.6. The lowest BCUT2D eigenvalue weighted by Gasteiger charge is -2.20. The van der Waals surface area contributed by atoms with Gasteiger partial charge in [-0.05, 0) is 57.8 Å². The largest absolute Gasteiger partial charge is 0.466 e. The van der Waals surface area contributed by atoms with Gasteiger partial charge in [0.05, 0.1) is 25.4 Å². The van der Waals surface area contributed by atoms with Crippen LogP contribution in [0.2, 0.25) is 0 Å². The van der Waals surface area contributed by atoms with E-state index in [1.807, 2.05) is 6.08 Å². The first-order valence-corrected chi connectivity index (χ1v) is 31.1. The van der Waals surface area contributed by atoms with Gasteiger partial charge in [0.2, 0.25) is 5.91 Å². The predicted octanol–water partition coefficient (Wildman–Crippen LogP) is 19.4. The van der Waals surface area contributed by atoms with Crippen molar-refractivity contribution in [2.45, 2.75) is 353 Å². The van der Waals surface area contributed by atoms with Gasteiger partial charge in [-0.1, -0.05) is 295 Å². The summed E-state index contributed by atoms with van der Waals surface area (Å²) in [7, 11) is 0. The van der Waals surface area contributed by atoms with Gasteiger partial charge in [-0.15, -0.1) is 0 Å². The minimum Gasteiger partial charge on any atom is -0.466 e. The fraction of sp³-hybridized carbons (Fsp3) is 0.905. The Morgan fingerprint density at radius 1 is 0.391 bits per heavy atom. The second kappa shape index (κ2) is 58.9. The van der Waals surface area contributed by atoms with Crippen LogP contribution in [0.5, 0.6) is 0 Å². The van der Waals surface area contributed by atoms with Gasteiger partial charge in [0.15, 0.2) is 0 Å². The van der Waals surface area contributed by atoms with Crippen molar-refractivity contribution in [2.24, 2.45) is 0 Å². The average Bonchev–Trinajstić information content (AvgIpc) is 3.35. The van der Waals surface area contributed by atoms with Gasteiger partial charge in [0.25, 0.3) is 0 Å². The van der Waals surface area contributed by atoms with Gasteiger partial charge in [0.1, 0.15) is 0 Å². The Balaban J connectivity index is 3.48. The quantitative estimate of drug-likeness (QED) is 0.0321. The van der Waals surface area contributed by atoms with Crippen LogP contribution in [0.1, 0.15) is 341 Å². The number of carbonyl (C=O) groups is 2. The molecule has 0 aromatic carbocycles. The summed E-state index contributed by atoms with van der Waals surface area (Å²) in [6.45, 7) is 4.91. The van der Waals surface area contributed by atoms with Crippen molar-refractivity contribution in [1.82, 2.24) is 5.32 Å². The molecule has 1 amide bonds. The maximum Gasteiger partial charge on any atom is 0.305 e. The summed E-state index contributed by atoms with van der Waals surface area (Å²) in [4.78, 5) is 24.5. The highest BCUT2D eigenvalue weighted by Crippen LogP contribution is 2.17. The highest BCUT2D eigenvalue weighted by molar-refractivity contribution is 5.76. The molecule has 0 radical (unpaired) electrons. The Morgan fingerprint density at radius 3 is 1.03 bits per heavy atom. The number of ether oxygens (including phenoxy) is 1. The maximum absolute atomic E-state index is 12.5. The Bertz CT molecular complexity index is 1080. The van der Waals surface area contributed by atoms with E-state index in [9.17, 15) is 19.8 Å². The zero-order valence-corrected chi connectivity index (χ0v) is 46.6. The molecule has 0 heterocycles. The number of carbonyl (C=O) groups excluding carboxylic acids is 2. The molecule has 0 spiro atoms. The predicted molar refractivity (Wildman–Crippen MR) is 301 cm³/mol. The van der Waals surface area contributed by atoms with Crippen LogP contribution in [-0.2, 0) is 14.3 Å². The van der Waals surface area contributed by atoms with E-state index in [1.165, 1.54) is 263 Å². The second-order valence-electron chi connectivity index (χ2n) is 21.4. The van der Waals surface area contributed by atoms with Crippen molar-refractivity contribution in [3.05, 3.63) is 24.3 Å². The fourth-order valence-electron chi connectivity index (χ4n) is 9.69. The monoisotopic (exact) mass is 972 g/mol. The number of unbranched alkanes of at least 4 members (excludes halogenated alkanes) is 45. The van der Waals surface area contributed by atoms with Crippen molar-refractivity contribution in [1.29, 1.82) is 0 Å². The van der Waals surface area contributed by atoms with Crippen molar-refractivity contribution in [3.8, 4) is 0 Å². The maximum atomic E-state index is 12.5. The number of allylic oxidation sites excluding steroid dienone is 3. The molecule has 408 valence electrons. The van der Waals surface area contributed by atoms with Gasteiger partial charge < -0.3 is 20.3 Å². The number of esters is 1. The summed E-state index contributed by atoms with van der Waals surface area (Å²) in [6.07, 6.45) is 72.1. The van der Waals surface area contributed by atoms with E-state index in [1.54, 1.807) is 6.08 Å². The van der Waals surface area contributed by atoms with Crippen LogP contribution in [-0.4, -0.2) is 47.4 Å². The van der Waals surface area contributed by atoms with Crippen LogP contribution in [0.15, 0.2) is 24.3 Å². The van der Waals surface area contributed by atoms with Crippen LogP contribution in [0, 0.1) is 0 Å². The zero-order chi connectivity index (χ0) is 50.0. The van der Waals surface area contributed by atoms with Gasteiger partial charge in [-0.2, -0.15) is 0 Å². The third-order valence-corrected chi connectivity index (χ3v) is 14.5. The summed E-state index contributed by atoms with van der Waals surface area (Å²) in [5.41, 5.74) is 0. The standard InChI is InChI=1S/C63H121NO5/c1-3-5-7-9-11-13-15-16-17-18-19-20-21-23-26-29-32-36-39-43-47-51-55-61(66)60(59-65)64-62(67)56-52-48-44-40-37-33-30-27-24-22-25-28-31-34-38-42-46-50-54-58-69-63(68)57-53-49-45-41-35-14-12-10-8-6-4-2/h22,24,51,55,60-61,65-66H,3-21,23,25-50,52-54,56-59H2,1-2H3,(H,64,67)/b24-22-,55-51+. The van der Waals surface area contributed by atoms with Crippen molar-refractivity contribution < 1.29 is 24.5 Å². The van der Waals surface area contributed by atoms with Gasteiger partial charge >= 0.3 is 5.97 Å². The summed E-state index contributed by atoms with van der Waals surface area (Å²) >= 11 is 0. The lowest BCUT2D eigenvalue weighted by atomic mass is 10.0. The number of hydrogen-bond donors (Lipinski definition) is 3. The smallest absolute Gasteiger partial charge is 0.305 e. The van der Waals surface area contributed by atoms with Crippen LogP contribution < -0.4 is 5.32 Å². The van der Waals surface area contributed by atoms with E-state index in [0.717, 1.165) is 51.4 Å². The molecule has 6 heteroatoms. The first-order chi connectivity index (χ1) is 34.0. The molecular weight excluding hydrogens is 851 g/mol. The van der Waals surface area contributed by atoms with E-state index >= 15 is 0 Å². The van der Waals surface area contributed by atoms with Crippen LogP contribution >= 0.6 is 0 Å². The summed E-state index contributed by atoms with van der Waals surface area (Å²) in [5.74, 6) is -0.0711. The molecule has 0 aromatic rings. The van der Waals surface area contributed by atoms with Gasteiger partial charge in [0, 0.05) is 12.8 Å². The van der Waals surface area contributed by atoms with E-state index in [4.69, 9.17) is 4.74 Å². The molecule has 6 nitrogen and oxygen atoms in total. The third-order valence-electron chi connectivity index (χ3n) is 14.5. The van der Waals surface area contributed by atoms with E-state index < -0.39 is 12.1 Å². The molecule has 0 aromatic heterocycles. The molecule has 2 unspecified atom stereocenters. The molecule has 0 saturated carbocycles. The van der Waals surface area contributed by atoms with Crippen LogP contribution in [0.25, 0.3) is 0 Å². The molecule has 0 saturated heterocycles. The third kappa shape index (κ3) is 55.5. The number of aliphatic hydroxyl groups is 2. The van der Waals surface area contributed by atoms with Crippen LogP contribution in [0.3, 0.4) is 0 Å². The number of aliphatic hydroxyl groups excluding tert-OH is 2. The van der Waals surface area contributed by atoms with Gasteiger partial charge in [-0.3, -0.25) is 9.59 Å². The average molecular weight is 973 g/mol. The number of nitrogens with one attached hydrogen (secondary N) is 1. The molecule has 0 aliphatic carbocycles. The summed E-state index contributed by atoms with van der Waals surface area (Å²) in [6, 6.07) is -0.635. The number of amides is 1. The fourth-order valence-corrected chi connectivity index (χ4v) is 9.69. The highest BCUT2D eigenvalue weighted by atomic mass is 16.5. The van der Waals surface area contributed by atoms with Crippen molar-refractivity contribution in [2.75, 3.05) is 13.2 Å². The molecule has 2 atom stereocenters. The Morgan fingerprint density at radius 2 is 0.681 bits per heavy atom. The topological polar surface area (TPSA) is 95.9 Å². The highest BCUT2D eigenvalue weighted by Gasteiger charge is 2.18. The summed E-state index contributed by atoms with van der Waals surface area (Å²) < 4.78 is 5.46. The second-order valence-corrected chi connectivity index (χ2v) is 21.4. The van der Waals surface area contributed by atoms with E-state index in [0.29, 0.717) is 19.4 Å². The van der Waals surface area contributed by atoms with Gasteiger partial charge in [-0.25, -0.2) is 0 Å². The van der Waals surface area contributed by atoms with E-state index in [2.05, 4.69) is 31.3 Å². The molecule has 0 aliphatic rings. The normalized spacial score (nSPS) is 12.7. The molecule has 0 aliphatic heterocycles. The Hall–Kier alpha value is -1.66. The molecule has 0 bridgehead atoms. The molecule has 0 rings (SSSR count). The van der Waals surface area contributed by atoms with Crippen molar-refractivity contribution in [3.63, 3.8) is 0 Å². The number of hydrogen-bond acceptors (Lipinski definition) is 5. The lowest BCUT2D eigenvalue weighted by Crippen LogP contribution is -2.45. The minimum atomic E-state index is -0.851. The minimum absolute atomic E-state index is 0.00333. The van der Waals surface area contributed by atoms with Crippen molar-refractivity contribution >= 4 is 11.9 Å². The first-order valence-electron chi connectivity index (χ1n) is 31.1. The number of rotatable bonds is 58. The first kappa shape index (κ1) is 67.3. The molecule has 3 N–H and O–H groups in total. The Labute approximate surface area is 431 Å². The Kier molecular flexibility index (Phi) is 57.5.